The van der Waals surface area contributed by atoms with E-state index in [0.717, 1.165) is 58.9 Å². The lowest BCUT2D eigenvalue weighted by Crippen LogP contribution is -2.01. The van der Waals surface area contributed by atoms with Crippen LogP contribution in [-0.2, 0) is 0 Å². The van der Waals surface area contributed by atoms with E-state index in [4.69, 9.17) is 14.5 Å². The summed E-state index contributed by atoms with van der Waals surface area (Å²) < 4.78 is 12.0. The highest BCUT2D eigenvalue weighted by Gasteiger charge is 2.09. The van der Waals surface area contributed by atoms with Crippen molar-refractivity contribution < 1.29 is 9.47 Å². The maximum Gasteiger partial charge on any atom is 0.227 e. The Kier molecular flexibility index (Phi) is 5.56. The van der Waals surface area contributed by atoms with Crippen LogP contribution in [0.1, 0.15) is 25.7 Å². The van der Waals surface area contributed by atoms with E-state index in [0.29, 0.717) is 25.0 Å². The molecule has 2 aromatic heterocycles. The Morgan fingerprint density at radius 2 is 1.84 bits per heavy atom. The maximum atomic E-state index is 6.04. The van der Waals surface area contributed by atoms with E-state index in [-0.39, 0.29) is 0 Å². The van der Waals surface area contributed by atoms with Crippen LogP contribution in [0, 0.1) is 0 Å². The molecule has 156 valence electrons. The number of para-hydroxylation sites is 1. The van der Waals surface area contributed by atoms with Gasteiger partial charge in [-0.15, -0.1) is 0 Å². The molecule has 3 heterocycles. The molecule has 0 saturated carbocycles. The zero-order chi connectivity index (χ0) is 20.9. The zero-order valence-corrected chi connectivity index (χ0v) is 17.1. The van der Waals surface area contributed by atoms with E-state index in [1.54, 1.807) is 0 Å². The first-order valence-corrected chi connectivity index (χ1v) is 10.5. The lowest BCUT2D eigenvalue weighted by Gasteiger charge is -2.11. The van der Waals surface area contributed by atoms with Crippen molar-refractivity contribution in [1.82, 2.24) is 19.9 Å². The Hall–Kier alpha value is -3.74. The first-order valence-electron chi connectivity index (χ1n) is 10.5. The molecule has 0 amide bonds. The summed E-state index contributed by atoms with van der Waals surface area (Å²) in [5, 5.41) is 5.08. The van der Waals surface area contributed by atoms with Gasteiger partial charge in [0.05, 0.1) is 24.1 Å². The standard InChI is InChI=1S/C24H23N5O2/c1-2-4-6-13-31-23-19-14-18(10-11-20(19)26-16-27-23)28-24-25-15-17-8-7-9-21(22(17)29-24)30-12-5-3-1/h2,4,7-11,14-16H,1,3,5-6,12-13H2,(H,25,28,29). The number of fused-ring (bicyclic) bond motifs is 2. The maximum absolute atomic E-state index is 6.04. The monoisotopic (exact) mass is 413 g/mol. The predicted molar refractivity (Wildman–Crippen MR) is 121 cm³/mol. The van der Waals surface area contributed by atoms with Gasteiger partial charge in [0.1, 0.15) is 17.6 Å². The first kappa shape index (κ1) is 19.2. The number of ether oxygens (including phenoxy) is 2. The van der Waals surface area contributed by atoms with Gasteiger partial charge in [-0.1, -0.05) is 24.3 Å². The number of benzene rings is 2. The van der Waals surface area contributed by atoms with E-state index in [2.05, 4.69) is 32.4 Å². The molecular weight excluding hydrogens is 390 g/mol. The van der Waals surface area contributed by atoms with E-state index in [1.165, 1.54) is 6.33 Å². The number of anilines is 2. The number of nitrogens with one attached hydrogen (secondary N) is 1. The molecule has 0 fully saturated rings. The van der Waals surface area contributed by atoms with Crippen LogP contribution in [0.5, 0.6) is 11.6 Å². The van der Waals surface area contributed by atoms with Gasteiger partial charge in [-0.3, -0.25) is 0 Å². The van der Waals surface area contributed by atoms with Crippen LogP contribution in [0.25, 0.3) is 21.8 Å². The minimum atomic E-state index is 0.504. The highest BCUT2D eigenvalue weighted by Crippen LogP contribution is 2.28. The SMILES string of the molecule is C1=CCCOc2ncnc3ccc(cc23)Nc2ncc3cccc(c3n2)OCCCC1. The minimum Gasteiger partial charge on any atom is -0.491 e. The molecular formula is C24H23N5O2. The average Bonchev–Trinajstić information content (AvgIpc) is 2.80. The molecule has 1 N–H and O–H groups in total. The molecule has 0 aliphatic carbocycles. The van der Waals surface area contributed by atoms with Crippen LogP contribution in [0.3, 0.4) is 0 Å². The van der Waals surface area contributed by atoms with Gasteiger partial charge in [0.15, 0.2) is 0 Å². The zero-order valence-electron chi connectivity index (χ0n) is 17.1. The van der Waals surface area contributed by atoms with Gasteiger partial charge >= 0.3 is 0 Å². The molecule has 7 heteroatoms. The van der Waals surface area contributed by atoms with Gasteiger partial charge in [0, 0.05) is 17.3 Å². The van der Waals surface area contributed by atoms with Crippen molar-refractivity contribution in [3.63, 3.8) is 0 Å². The highest BCUT2D eigenvalue weighted by molar-refractivity contribution is 5.88. The third-order valence-electron chi connectivity index (χ3n) is 5.14. The Balaban J connectivity index is 1.53. The molecule has 0 saturated heterocycles. The van der Waals surface area contributed by atoms with Crippen molar-refractivity contribution in [2.75, 3.05) is 18.5 Å². The predicted octanol–water partition coefficient (Wildman–Crippen LogP) is 5.20. The summed E-state index contributed by atoms with van der Waals surface area (Å²) in [7, 11) is 0. The smallest absolute Gasteiger partial charge is 0.227 e. The van der Waals surface area contributed by atoms with E-state index >= 15 is 0 Å². The molecule has 4 aromatic rings. The van der Waals surface area contributed by atoms with Crippen LogP contribution in [0.4, 0.5) is 11.6 Å². The summed E-state index contributed by atoms with van der Waals surface area (Å²) in [6, 6.07) is 11.8. The Morgan fingerprint density at radius 3 is 2.84 bits per heavy atom. The number of hydrogen-bond acceptors (Lipinski definition) is 7. The molecule has 0 atom stereocenters. The fraction of sp³-hybridized carbons (Fsp3) is 0.250. The van der Waals surface area contributed by atoms with Crippen LogP contribution < -0.4 is 14.8 Å². The number of aromatic nitrogens is 4. The van der Waals surface area contributed by atoms with E-state index < -0.39 is 0 Å². The number of hydrogen-bond donors (Lipinski definition) is 1. The van der Waals surface area contributed by atoms with Gasteiger partial charge in [-0.05, 0) is 49.9 Å². The lowest BCUT2D eigenvalue weighted by atomic mass is 10.2. The molecule has 0 spiro atoms. The van der Waals surface area contributed by atoms with Crippen molar-refractivity contribution in [1.29, 1.82) is 0 Å². The molecule has 7 nitrogen and oxygen atoms in total. The molecule has 0 radical (unpaired) electrons. The van der Waals surface area contributed by atoms with Crippen LogP contribution in [-0.4, -0.2) is 33.1 Å². The second kappa shape index (κ2) is 8.95. The highest BCUT2D eigenvalue weighted by atomic mass is 16.5. The van der Waals surface area contributed by atoms with Crippen LogP contribution >= 0.6 is 0 Å². The van der Waals surface area contributed by atoms with Crippen molar-refractivity contribution in [3.05, 3.63) is 61.1 Å². The molecule has 4 bridgehead atoms. The summed E-state index contributed by atoms with van der Waals surface area (Å²) in [5.74, 6) is 1.86. The fourth-order valence-electron chi connectivity index (χ4n) is 3.57. The van der Waals surface area contributed by atoms with Gasteiger partial charge in [0.2, 0.25) is 11.8 Å². The molecule has 1 aliphatic heterocycles. The Morgan fingerprint density at radius 1 is 0.871 bits per heavy atom. The summed E-state index contributed by atoms with van der Waals surface area (Å²) in [6.07, 6.45) is 11.6. The van der Waals surface area contributed by atoms with Crippen LogP contribution in [0.2, 0.25) is 0 Å². The number of rotatable bonds is 0. The summed E-state index contributed by atoms with van der Waals surface area (Å²) in [4.78, 5) is 17.9. The van der Waals surface area contributed by atoms with Crippen molar-refractivity contribution in [3.8, 4) is 11.6 Å². The van der Waals surface area contributed by atoms with Crippen LogP contribution in [0.15, 0.2) is 61.1 Å². The summed E-state index contributed by atoms with van der Waals surface area (Å²) in [5.41, 5.74) is 2.46. The quantitative estimate of drug-likeness (QED) is 0.397. The molecule has 1 aliphatic rings. The first-order chi connectivity index (χ1) is 15.4. The van der Waals surface area contributed by atoms with Crippen molar-refractivity contribution >= 4 is 33.4 Å². The fourth-order valence-corrected chi connectivity index (χ4v) is 3.57. The third-order valence-corrected chi connectivity index (χ3v) is 5.14. The van der Waals surface area contributed by atoms with Crippen molar-refractivity contribution in [2.24, 2.45) is 0 Å². The summed E-state index contributed by atoms with van der Waals surface area (Å²) >= 11 is 0. The van der Waals surface area contributed by atoms with Gasteiger partial charge < -0.3 is 14.8 Å². The van der Waals surface area contributed by atoms with Crippen molar-refractivity contribution in [2.45, 2.75) is 25.7 Å². The normalized spacial score (nSPS) is 15.0. The molecule has 2 aromatic carbocycles. The van der Waals surface area contributed by atoms with E-state index in [9.17, 15) is 0 Å². The Bertz CT molecular complexity index is 1240. The second-order valence-corrected chi connectivity index (χ2v) is 7.38. The largest absolute Gasteiger partial charge is 0.491 e. The second-order valence-electron chi connectivity index (χ2n) is 7.38. The molecule has 31 heavy (non-hydrogen) atoms. The average molecular weight is 413 g/mol. The molecule has 0 unspecified atom stereocenters. The van der Waals surface area contributed by atoms with Gasteiger partial charge in [0.25, 0.3) is 0 Å². The summed E-state index contributed by atoms with van der Waals surface area (Å²) in [6.45, 7) is 1.23. The minimum absolute atomic E-state index is 0.504. The number of allylic oxidation sites excluding steroid dienone is 1. The Labute approximate surface area is 180 Å². The number of nitrogens with zero attached hydrogens (tertiary/aromatic N) is 4. The lowest BCUT2D eigenvalue weighted by molar-refractivity contribution is 0.310. The van der Waals surface area contributed by atoms with Gasteiger partial charge in [-0.25, -0.2) is 19.9 Å². The molecule has 5 rings (SSSR count). The van der Waals surface area contributed by atoms with Gasteiger partial charge in [-0.2, -0.15) is 0 Å². The van der Waals surface area contributed by atoms with E-state index in [1.807, 2.05) is 42.6 Å². The topological polar surface area (TPSA) is 82.1 Å². The third kappa shape index (κ3) is 4.40.